The molecule has 0 aliphatic carbocycles. The zero-order valence-corrected chi connectivity index (χ0v) is 16.1. The summed E-state index contributed by atoms with van der Waals surface area (Å²) in [7, 11) is 1.74. The van der Waals surface area contributed by atoms with E-state index in [1.54, 1.807) is 21.5 Å². The molecule has 1 unspecified atom stereocenters. The molecule has 0 bridgehead atoms. The summed E-state index contributed by atoms with van der Waals surface area (Å²) in [5.74, 6) is 0.0166. The lowest BCUT2D eigenvalue weighted by molar-refractivity contribution is -0.143. The Kier molecular flexibility index (Phi) is 8.06. The lowest BCUT2D eigenvalue weighted by atomic mass is 10.1. The molecule has 10 heteroatoms. The van der Waals surface area contributed by atoms with Crippen molar-refractivity contribution in [2.75, 3.05) is 26.7 Å². The number of hydrogen-bond acceptors (Lipinski definition) is 5. The summed E-state index contributed by atoms with van der Waals surface area (Å²) in [6.45, 7) is 4.17. The normalized spacial score (nSPS) is 16.2. The average molecular weight is 376 g/mol. The van der Waals surface area contributed by atoms with E-state index >= 15 is 0 Å². The number of rotatable bonds is 10. The quantitative estimate of drug-likeness (QED) is 0.268. The molecule has 1 aliphatic heterocycles. The molecule has 1 aromatic heterocycles. The van der Waals surface area contributed by atoms with Gasteiger partial charge in [0, 0.05) is 50.8 Å². The third-order valence-corrected chi connectivity index (χ3v) is 4.73. The van der Waals surface area contributed by atoms with Crippen molar-refractivity contribution in [1.82, 2.24) is 24.8 Å². The Labute approximate surface area is 159 Å². The number of carbonyl (C=O) groups is 2. The molecule has 2 amide bonds. The van der Waals surface area contributed by atoms with E-state index in [1.165, 1.54) is 0 Å². The van der Waals surface area contributed by atoms with Crippen LogP contribution in [0.4, 0.5) is 0 Å². The van der Waals surface area contributed by atoms with Gasteiger partial charge >= 0.3 is 0 Å². The molecule has 10 nitrogen and oxygen atoms in total. The maximum absolute atomic E-state index is 12.7. The summed E-state index contributed by atoms with van der Waals surface area (Å²) in [4.78, 5) is 31.3. The zero-order chi connectivity index (χ0) is 19.6. The highest BCUT2D eigenvalue weighted by Crippen LogP contribution is 2.21. The van der Waals surface area contributed by atoms with Gasteiger partial charge in [0.1, 0.15) is 6.04 Å². The van der Waals surface area contributed by atoms with Crippen molar-refractivity contribution in [3.63, 3.8) is 0 Å². The van der Waals surface area contributed by atoms with Crippen LogP contribution >= 0.6 is 0 Å². The fraction of sp³-hybridized carbons (Fsp3) is 0.765. The van der Waals surface area contributed by atoms with Gasteiger partial charge in [0.2, 0.25) is 11.8 Å². The van der Waals surface area contributed by atoms with Crippen LogP contribution in [-0.4, -0.2) is 69.3 Å². The fourth-order valence-corrected chi connectivity index (χ4v) is 3.31. The predicted molar refractivity (Wildman–Crippen MR) is 99.6 cm³/mol. The number of amides is 2. The lowest BCUT2D eigenvalue weighted by Crippen LogP contribution is -2.46. The minimum absolute atomic E-state index is 0.0279. The van der Waals surface area contributed by atoms with Crippen molar-refractivity contribution in [1.29, 1.82) is 0 Å². The van der Waals surface area contributed by atoms with E-state index in [4.69, 9.17) is 5.53 Å². The van der Waals surface area contributed by atoms with Gasteiger partial charge in [0.15, 0.2) is 0 Å². The number of likely N-dealkylation sites (tertiary alicyclic amines) is 1. The van der Waals surface area contributed by atoms with Crippen molar-refractivity contribution in [3.8, 4) is 0 Å². The number of nitrogens with zero attached hydrogens (tertiary/aromatic N) is 8. The largest absolute Gasteiger partial charge is 0.344 e. The molecule has 0 aromatic carbocycles. The van der Waals surface area contributed by atoms with Gasteiger partial charge in [0.05, 0.1) is 5.69 Å². The molecule has 1 atom stereocenters. The topological polar surface area (TPSA) is 120 Å². The molecule has 2 rings (SSSR count). The van der Waals surface area contributed by atoms with Crippen LogP contribution in [0.15, 0.2) is 11.3 Å². The van der Waals surface area contributed by atoms with E-state index in [-0.39, 0.29) is 17.9 Å². The summed E-state index contributed by atoms with van der Waals surface area (Å²) >= 11 is 0. The van der Waals surface area contributed by atoms with Gasteiger partial charge in [-0.25, -0.2) is 0 Å². The van der Waals surface area contributed by atoms with E-state index in [1.807, 2.05) is 13.1 Å². The molecule has 1 aliphatic rings. The minimum Gasteiger partial charge on any atom is -0.344 e. The molecule has 1 fully saturated rings. The molecule has 1 saturated heterocycles. The van der Waals surface area contributed by atoms with E-state index in [0.717, 1.165) is 31.5 Å². The number of hydrogen-bond donors (Lipinski definition) is 0. The SMILES string of the molecule is Cc1cn(CCCCC(=O)N2CCCC2C(=O)N(C)CCCN=[N+]=[N-])nn1. The van der Waals surface area contributed by atoms with Crippen molar-refractivity contribution in [2.24, 2.45) is 5.11 Å². The molecule has 2 heterocycles. The number of carbonyl (C=O) groups excluding carboxylic acids is 2. The number of aromatic nitrogens is 3. The van der Waals surface area contributed by atoms with E-state index in [0.29, 0.717) is 38.9 Å². The average Bonchev–Trinajstić information content (AvgIpc) is 3.30. The second-order valence-electron chi connectivity index (χ2n) is 6.89. The van der Waals surface area contributed by atoms with Crippen LogP contribution in [0, 0.1) is 6.92 Å². The molecule has 148 valence electrons. The number of likely N-dealkylation sites (N-methyl/N-ethyl adjacent to an activating group) is 1. The van der Waals surface area contributed by atoms with Crippen LogP contribution in [0.5, 0.6) is 0 Å². The Balaban J connectivity index is 1.75. The van der Waals surface area contributed by atoms with Crippen molar-refractivity contribution in [2.45, 2.75) is 58.0 Å². The second kappa shape index (κ2) is 10.5. The highest BCUT2D eigenvalue weighted by Gasteiger charge is 2.35. The third kappa shape index (κ3) is 6.25. The maximum atomic E-state index is 12.7. The maximum Gasteiger partial charge on any atom is 0.245 e. The molecular weight excluding hydrogens is 348 g/mol. The second-order valence-corrected chi connectivity index (χ2v) is 6.89. The Bertz CT molecular complexity index is 682. The summed E-state index contributed by atoms with van der Waals surface area (Å²) in [5.41, 5.74) is 9.17. The number of aryl methyl sites for hydroxylation is 2. The van der Waals surface area contributed by atoms with Gasteiger partial charge in [-0.1, -0.05) is 10.3 Å². The minimum atomic E-state index is -0.361. The molecule has 27 heavy (non-hydrogen) atoms. The van der Waals surface area contributed by atoms with Gasteiger partial charge in [0.25, 0.3) is 0 Å². The van der Waals surface area contributed by atoms with E-state index < -0.39 is 0 Å². The molecule has 0 spiro atoms. The predicted octanol–water partition coefficient (Wildman–Crippen LogP) is 1.91. The Morgan fingerprint density at radius 1 is 1.41 bits per heavy atom. The third-order valence-electron chi connectivity index (χ3n) is 4.73. The van der Waals surface area contributed by atoms with Crippen LogP contribution in [0.25, 0.3) is 10.4 Å². The standard InChI is InChI=1S/C17H28N8O2/c1-14-13-24(22-20-14)11-4-3-8-16(26)25-12-5-7-15(25)17(27)23(2)10-6-9-19-21-18/h13,15H,3-12H2,1-2H3. The summed E-state index contributed by atoms with van der Waals surface area (Å²) < 4.78 is 1.79. The lowest BCUT2D eigenvalue weighted by Gasteiger charge is -2.28. The zero-order valence-electron chi connectivity index (χ0n) is 16.1. The van der Waals surface area contributed by atoms with Gasteiger partial charge in [-0.3, -0.25) is 14.3 Å². The van der Waals surface area contributed by atoms with Gasteiger partial charge in [-0.2, -0.15) is 0 Å². The first-order valence-electron chi connectivity index (χ1n) is 9.45. The van der Waals surface area contributed by atoms with Gasteiger partial charge in [-0.05, 0) is 44.6 Å². The highest BCUT2D eigenvalue weighted by molar-refractivity contribution is 5.88. The van der Waals surface area contributed by atoms with Crippen LogP contribution < -0.4 is 0 Å². The summed E-state index contributed by atoms with van der Waals surface area (Å²) in [6, 6.07) is -0.361. The van der Waals surface area contributed by atoms with Crippen molar-refractivity contribution in [3.05, 3.63) is 22.3 Å². The van der Waals surface area contributed by atoms with E-state index in [9.17, 15) is 9.59 Å². The number of unbranched alkanes of at least 4 members (excludes halogenated alkanes) is 1. The molecule has 0 radical (unpaired) electrons. The van der Waals surface area contributed by atoms with Crippen molar-refractivity contribution < 1.29 is 9.59 Å². The van der Waals surface area contributed by atoms with Gasteiger partial charge < -0.3 is 9.80 Å². The Hall–Kier alpha value is -2.61. The van der Waals surface area contributed by atoms with Crippen LogP contribution in [-0.2, 0) is 16.1 Å². The van der Waals surface area contributed by atoms with E-state index in [2.05, 4.69) is 20.3 Å². The molecule has 1 aromatic rings. The first-order valence-corrected chi connectivity index (χ1v) is 9.45. The monoisotopic (exact) mass is 376 g/mol. The smallest absolute Gasteiger partial charge is 0.245 e. The number of azide groups is 1. The molecule has 0 N–H and O–H groups in total. The molecule has 0 saturated carbocycles. The summed E-state index contributed by atoms with van der Waals surface area (Å²) in [6.07, 6.45) is 6.12. The van der Waals surface area contributed by atoms with Crippen LogP contribution in [0.3, 0.4) is 0 Å². The Morgan fingerprint density at radius 3 is 2.93 bits per heavy atom. The summed E-state index contributed by atoms with van der Waals surface area (Å²) in [5, 5.41) is 11.4. The van der Waals surface area contributed by atoms with Crippen molar-refractivity contribution >= 4 is 11.8 Å². The van der Waals surface area contributed by atoms with Crippen LogP contribution in [0.1, 0.15) is 44.2 Å². The van der Waals surface area contributed by atoms with Gasteiger partial charge in [-0.15, -0.1) is 5.10 Å². The first-order chi connectivity index (χ1) is 13.0. The fourth-order valence-electron chi connectivity index (χ4n) is 3.31. The first kappa shape index (κ1) is 20.7. The Morgan fingerprint density at radius 2 is 2.22 bits per heavy atom. The van der Waals surface area contributed by atoms with Crippen LogP contribution in [0.2, 0.25) is 0 Å². The highest BCUT2D eigenvalue weighted by atomic mass is 16.2. The molecular formula is C17H28N8O2.